The maximum atomic E-state index is 7.23. The van der Waals surface area contributed by atoms with Crippen LogP contribution in [0.5, 0.6) is 0 Å². The monoisotopic (exact) mass is 298 g/mol. The molecule has 84 valence electrons. The molecule has 0 amide bonds. The minimum absolute atomic E-state index is 0. The molecule has 0 aromatic carbocycles. The Hall–Kier alpha value is 1.56. The Morgan fingerprint density at radius 1 is 0.929 bits per heavy atom. The zero-order valence-electron chi connectivity index (χ0n) is 8.82. The molecule has 3 N–H and O–H groups in total. The van der Waals surface area contributed by atoms with Gasteiger partial charge in [0.15, 0.2) is 0 Å². The van der Waals surface area contributed by atoms with Crippen LogP contribution in [-0.2, 0) is 0 Å². The molecule has 0 saturated heterocycles. The summed E-state index contributed by atoms with van der Waals surface area (Å²) >= 11 is 2.09. The van der Waals surface area contributed by atoms with Gasteiger partial charge in [0.1, 0.15) is 0 Å². The molecule has 0 bridgehead atoms. The normalized spacial score (nSPS) is 9.07. The Bertz CT molecular complexity index is 80.2. The second-order valence-corrected chi connectivity index (χ2v) is 4.13. The molecule has 0 aliphatic carbocycles. The number of hydrogen-bond donors (Lipinski definition) is 3. The van der Waals surface area contributed by atoms with Gasteiger partial charge in [-0.2, -0.15) is 0 Å². The Labute approximate surface area is 112 Å². The van der Waals surface area contributed by atoms with Crippen molar-refractivity contribution in [3.8, 4) is 0 Å². The standard InChI is InChI=1S/C8H17.BrH.Mg.H3O3P/c1-3-5-7-8-6-4-2;;;1-4(2)3/h1,3-8H2,2H3;1H;;1-3H/q;;+1;/p-1. The van der Waals surface area contributed by atoms with Gasteiger partial charge in [0.25, 0.3) is 0 Å². The van der Waals surface area contributed by atoms with Crippen molar-refractivity contribution >= 4 is 30.3 Å². The smallest absolute Gasteiger partial charge is 0.324 e. The van der Waals surface area contributed by atoms with Gasteiger partial charge in [-0.15, -0.1) is 0 Å². The van der Waals surface area contributed by atoms with E-state index in [0.717, 1.165) is 0 Å². The molecule has 0 aliphatic heterocycles. The number of unbranched alkanes of at least 4 members (excludes halogenated alkanes) is 5. The summed E-state index contributed by atoms with van der Waals surface area (Å²) in [5.74, 6) is 0. The first-order chi connectivity index (χ1) is 6.15. The van der Waals surface area contributed by atoms with Crippen LogP contribution in [0.15, 0.2) is 0 Å². The van der Waals surface area contributed by atoms with Gasteiger partial charge in [-0.05, 0) is 0 Å². The van der Waals surface area contributed by atoms with Crippen molar-refractivity contribution in [3.05, 3.63) is 0 Å². The van der Waals surface area contributed by atoms with Crippen LogP contribution < -0.4 is 17.0 Å². The maximum absolute atomic E-state index is 7.23. The number of rotatable bonds is 6. The van der Waals surface area contributed by atoms with Gasteiger partial charge in [-0.3, -0.25) is 0 Å². The molecule has 0 fully saturated rings. The fourth-order valence-electron chi connectivity index (χ4n) is 0.957. The Balaban J connectivity index is -0.000000209. The molecule has 0 aliphatic rings. The molecule has 0 heterocycles. The zero-order chi connectivity index (χ0) is 10.5. The molecule has 3 nitrogen and oxygen atoms in total. The molecule has 6 heteroatoms. The van der Waals surface area contributed by atoms with E-state index >= 15 is 0 Å². The second-order valence-electron chi connectivity index (χ2n) is 2.89. The summed E-state index contributed by atoms with van der Waals surface area (Å²) in [4.78, 5) is 21.7. The van der Waals surface area contributed by atoms with Crippen LogP contribution in [0.25, 0.3) is 0 Å². The van der Waals surface area contributed by atoms with Gasteiger partial charge in [0.2, 0.25) is 0 Å². The van der Waals surface area contributed by atoms with E-state index < -0.39 is 8.60 Å². The molecule has 0 spiro atoms. The summed E-state index contributed by atoms with van der Waals surface area (Å²) in [5.41, 5.74) is 0. The van der Waals surface area contributed by atoms with E-state index in [1.807, 2.05) is 0 Å². The first-order valence-corrected chi connectivity index (χ1v) is 7.01. The van der Waals surface area contributed by atoms with Gasteiger partial charge in [-0.25, -0.2) is 0 Å². The first-order valence-electron chi connectivity index (χ1n) is 4.81. The van der Waals surface area contributed by atoms with Crippen molar-refractivity contribution in [1.82, 2.24) is 0 Å². The first kappa shape index (κ1) is 20.9. The van der Waals surface area contributed by atoms with Crippen molar-refractivity contribution in [3.63, 3.8) is 0 Å². The molecular weight excluding hydrogens is 279 g/mol. The van der Waals surface area contributed by atoms with Crippen molar-refractivity contribution in [2.24, 2.45) is 0 Å². The molecule has 0 aromatic heterocycles. The van der Waals surface area contributed by atoms with E-state index in [1.165, 1.54) is 43.1 Å². The van der Waals surface area contributed by atoms with Crippen LogP contribution in [0.2, 0.25) is 4.55 Å². The summed E-state index contributed by atoms with van der Waals surface area (Å²) in [7, 11) is -2.62. The Morgan fingerprint density at radius 3 is 1.64 bits per heavy atom. The average Bonchev–Trinajstić information content (AvgIpc) is 2.03. The van der Waals surface area contributed by atoms with Crippen LogP contribution in [0.1, 0.15) is 45.4 Å². The maximum Gasteiger partial charge on any atom is 0.324 e. The molecule has 0 aromatic rings. The molecular formula is C8H20BrMgO3P. The van der Waals surface area contributed by atoms with E-state index in [2.05, 4.69) is 28.6 Å². The predicted molar refractivity (Wildman–Crippen MR) is 57.5 cm³/mol. The topological polar surface area (TPSA) is 60.7 Å². The molecule has 14 heavy (non-hydrogen) atoms. The molecule has 0 rings (SSSR count). The van der Waals surface area contributed by atoms with Crippen LogP contribution >= 0.6 is 8.60 Å². The summed E-state index contributed by atoms with van der Waals surface area (Å²) in [6.07, 6.45) is 8.64. The van der Waals surface area contributed by atoms with Crippen LogP contribution in [0.3, 0.4) is 0 Å². The van der Waals surface area contributed by atoms with E-state index in [9.17, 15) is 0 Å². The minimum atomic E-state index is -2.62. The molecule has 0 radical (unpaired) electrons. The van der Waals surface area contributed by atoms with E-state index in [-0.39, 0.29) is 17.0 Å². The predicted octanol–water partition coefficient (Wildman–Crippen LogP) is -0.872. The Morgan fingerprint density at radius 2 is 1.29 bits per heavy atom. The summed E-state index contributed by atoms with van der Waals surface area (Å²) < 4.78 is 1.39. The van der Waals surface area contributed by atoms with E-state index in [0.29, 0.717) is 0 Å². The number of halogens is 1. The Kier molecular flexibility index (Phi) is 29.9. The van der Waals surface area contributed by atoms with Gasteiger partial charge in [0, 0.05) is 0 Å². The largest absolute Gasteiger partial charge is 1.00 e. The molecule has 0 atom stereocenters. The summed E-state index contributed by atoms with van der Waals surface area (Å²) in [5, 5.41) is 0. The van der Waals surface area contributed by atoms with Crippen LogP contribution in [0.4, 0.5) is 0 Å². The van der Waals surface area contributed by atoms with Crippen molar-refractivity contribution < 1.29 is 31.7 Å². The van der Waals surface area contributed by atoms with Gasteiger partial charge in [0.05, 0.1) is 0 Å². The number of hydrogen-bond acceptors (Lipinski definition) is 3. The third-order valence-electron chi connectivity index (χ3n) is 1.60. The van der Waals surface area contributed by atoms with Crippen molar-refractivity contribution in [2.75, 3.05) is 0 Å². The fraction of sp³-hybridized carbons (Fsp3) is 1.00. The van der Waals surface area contributed by atoms with Crippen molar-refractivity contribution in [2.45, 2.75) is 50.0 Å². The van der Waals surface area contributed by atoms with Gasteiger partial charge < -0.3 is 31.7 Å². The minimum Gasteiger partial charge on any atom is -1.00 e. The van der Waals surface area contributed by atoms with E-state index in [1.54, 1.807) is 0 Å². The fourth-order valence-corrected chi connectivity index (χ4v) is 1.31. The SMILES string of the molecule is CCCCCCC[CH2][Mg+].OP(O)O.[Br-]. The third-order valence-corrected chi connectivity index (χ3v) is 2.10. The average molecular weight is 299 g/mol. The molecule has 0 unspecified atom stereocenters. The quantitative estimate of drug-likeness (QED) is 0.339. The van der Waals surface area contributed by atoms with E-state index in [4.69, 9.17) is 14.7 Å². The van der Waals surface area contributed by atoms with Crippen molar-refractivity contribution in [1.29, 1.82) is 0 Å². The second kappa shape index (κ2) is 20.0. The summed E-state index contributed by atoms with van der Waals surface area (Å²) in [6, 6.07) is 0. The summed E-state index contributed by atoms with van der Waals surface area (Å²) in [6.45, 7) is 2.27. The third kappa shape index (κ3) is 37.4. The van der Waals surface area contributed by atoms with Crippen LogP contribution in [-0.4, -0.2) is 36.4 Å². The zero-order valence-corrected chi connectivity index (χ0v) is 12.7. The van der Waals surface area contributed by atoms with Crippen LogP contribution in [0, 0.1) is 0 Å². The van der Waals surface area contributed by atoms with Gasteiger partial charge >= 0.3 is 80.3 Å². The molecule has 0 saturated carbocycles. The van der Waals surface area contributed by atoms with Gasteiger partial charge in [-0.1, -0.05) is 0 Å².